The first-order valence-electron chi connectivity index (χ1n) is 40.2. The fourth-order valence-corrected chi connectivity index (χ4v) is 12.6. The molecule has 0 aromatic heterocycles. The van der Waals surface area contributed by atoms with Gasteiger partial charge in [-0.1, -0.05) is 293 Å². The van der Waals surface area contributed by atoms with Crippen LogP contribution >= 0.6 is 15.6 Å². The Balaban J connectivity index is 5.32. The molecular weight excluding hydrogens is 1310 g/mol. The molecule has 0 aliphatic heterocycles. The molecule has 0 aliphatic carbocycles. The van der Waals surface area contributed by atoms with Crippen molar-refractivity contribution in [2.24, 2.45) is 0 Å². The van der Waals surface area contributed by atoms with E-state index in [0.29, 0.717) is 25.7 Å². The number of phosphoric ester groups is 2. The van der Waals surface area contributed by atoms with Crippen LogP contribution in [0.3, 0.4) is 0 Å². The molecule has 5 atom stereocenters. The molecule has 0 spiro atoms. The summed E-state index contributed by atoms with van der Waals surface area (Å²) in [6.07, 6.45) is 74.5. The molecule has 19 heteroatoms. The Kier molecular flexibility index (Phi) is 71.2. The maximum atomic E-state index is 13.1. The van der Waals surface area contributed by atoms with Crippen LogP contribution in [0.15, 0.2) is 72.9 Å². The Morgan fingerprint density at radius 2 is 0.520 bits per heavy atom. The lowest BCUT2D eigenvalue weighted by atomic mass is 10.0. The van der Waals surface area contributed by atoms with Crippen LogP contribution in [0.1, 0.15) is 362 Å². The number of hydrogen-bond acceptors (Lipinski definition) is 15. The molecule has 0 heterocycles. The van der Waals surface area contributed by atoms with Gasteiger partial charge in [0.15, 0.2) is 12.2 Å². The van der Waals surface area contributed by atoms with Gasteiger partial charge in [-0.3, -0.25) is 37.3 Å². The first-order valence-corrected chi connectivity index (χ1v) is 43.2. The first kappa shape index (κ1) is 96.5. The van der Waals surface area contributed by atoms with Crippen molar-refractivity contribution in [3.05, 3.63) is 72.9 Å². The zero-order valence-corrected chi connectivity index (χ0v) is 65.4. The van der Waals surface area contributed by atoms with Gasteiger partial charge in [0.05, 0.1) is 26.4 Å². The molecule has 0 bridgehead atoms. The van der Waals surface area contributed by atoms with E-state index in [2.05, 4.69) is 101 Å². The van der Waals surface area contributed by atoms with Gasteiger partial charge in [0.2, 0.25) is 0 Å². The summed E-state index contributed by atoms with van der Waals surface area (Å²) >= 11 is 0. The predicted octanol–water partition coefficient (Wildman–Crippen LogP) is 23.2. The van der Waals surface area contributed by atoms with E-state index in [1.165, 1.54) is 116 Å². The molecule has 0 amide bonds. The fraction of sp³-hybridized carbons (Fsp3) is 0.802. The average molecular weight is 1450 g/mol. The van der Waals surface area contributed by atoms with Gasteiger partial charge in [0.1, 0.15) is 19.3 Å². The Morgan fingerprint density at radius 3 is 0.820 bits per heavy atom. The van der Waals surface area contributed by atoms with Crippen molar-refractivity contribution in [2.75, 3.05) is 39.6 Å². The molecule has 582 valence electrons. The summed E-state index contributed by atoms with van der Waals surface area (Å²) in [6, 6.07) is 0. The molecule has 17 nitrogen and oxygen atoms in total. The lowest BCUT2D eigenvalue weighted by Crippen LogP contribution is -2.30. The minimum absolute atomic E-state index is 0.0839. The van der Waals surface area contributed by atoms with Crippen molar-refractivity contribution < 1.29 is 80.2 Å². The molecule has 0 fully saturated rings. The molecular formula is C81H146O17P2. The van der Waals surface area contributed by atoms with Gasteiger partial charge in [-0.05, 0) is 116 Å². The van der Waals surface area contributed by atoms with E-state index >= 15 is 0 Å². The van der Waals surface area contributed by atoms with Crippen molar-refractivity contribution in [2.45, 2.75) is 380 Å². The summed E-state index contributed by atoms with van der Waals surface area (Å²) in [5.41, 5.74) is 0. The van der Waals surface area contributed by atoms with Crippen LogP contribution in [0.4, 0.5) is 0 Å². The molecule has 0 rings (SSSR count). The third-order valence-corrected chi connectivity index (χ3v) is 19.1. The number of rotatable bonds is 76. The van der Waals surface area contributed by atoms with E-state index in [4.69, 9.17) is 37.0 Å². The summed E-state index contributed by atoms with van der Waals surface area (Å²) in [6.45, 7) is 4.77. The summed E-state index contributed by atoms with van der Waals surface area (Å²) < 4.78 is 68.6. The van der Waals surface area contributed by atoms with E-state index < -0.39 is 97.5 Å². The predicted molar refractivity (Wildman–Crippen MR) is 409 cm³/mol. The number of allylic oxidation sites excluding steroid dienone is 12. The number of carbonyl (C=O) groups excluding carboxylic acids is 4. The van der Waals surface area contributed by atoms with Crippen LogP contribution < -0.4 is 0 Å². The quantitative estimate of drug-likeness (QED) is 0.0169. The normalized spacial score (nSPS) is 14.3. The molecule has 0 aliphatic rings. The van der Waals surface area contributed by atoms with Gasteiger partial charge in [0, 0.05) is 25.7 Å². The van der Waals surface area contributed by atoms with E-state index in [-0.39, 0.29) is 25.7 Å². The highest BCUT2D eigenvalue weighted by molar-refractivity contribution is 7.47. The van der Waals surface area contributed by atoms with Crippen LogP contribution in [-0.2, 0) is 65.4 Å². The van der Waals surface area contributed by atoms with Crippen LogP contribution in [0.2, 0.25) is 0 Å². The maximum Gasteiger partial charge on any atom is 0.472 e. The smallest absolute Gasteiger partial charge is 0.462 e. The Bertz CT molecular complexity index is 2180. The van der Waals surface area contributed by atoms with E-state index in [1.54, 1.807) is 0 Å². The summed E-state index contributed by atoms with van der Waals surface area (Å²) in [5, 5.41) is 10.6. The first-order chi connectivity index (χ1) is 48.7. The second kappa shape index (κ2) is 73.8. The molecule has 0 aromatic carbocycles. The molecule has 3 N–H and O–H groups in total. The second-order valence-corrected chi connectivity index (χ2v) is 29.9. The van der Waals surface area contributed by atoms with E-state index in [1.807, 2.05) is 0 Å². The number of carbonyl (C=O) groups is 4. The summed E-state index contributed by atoms with van der Waals surface area (Å²) in [5.74, 6) is -2.18. The van der Waals surface area contributed by atoms with Crippen molar-refractivity contribution >= 4 is 39.5 Å². The van der Waals surface area contributed by atoms with E-state index in [0.717, 1.165) is 167 Å². The third-order valence-electron chi connectivity index (χ3n) is 17.2. The van der Waals surface area contributed by atoms with Crippen LogP contribution in [0.5, 0.6) is 0 Å². The molecule has 100 heavy (non-hydrogen) atoms. The summed E-state index contributed by atoms with van der Waals surface area (Å²) in [4.78, 5) is 73.0. The highest BCUT2D eigenvalue weighted by Gasteiger charge is 2.30. The van der Waals surface area contributed by atoms with Crippen molar-refractivity contribution in [3.63, 3.8) is 0 Å². The van der Waals surface area contributed by atoms with Gasteiger partial charge in [-0.25, -0.2) is 9.13 Å². The van der Waals surface area contributed by atoms with Crippen LogP contribution in [-0.4, -0.2) is 96.7 Å². The van der Waals surface area contributed by atoms with E-state index in [9.17, 15) is 43.2 Å². The van der Waals surface area contributed by atoms with Gasteiger partial charge >= 0.3 is 39.5 Å². The monoisotopic (exact) mass is 1450 g/mol. The third kappa shape index (κ3) is 72.8. The second-order valence-electron chi connectivity index (χ2n) is 27.0. The molecule has 0 saturated carbocycles. The van der Waals surface area contributed by atoms with Crippen molar-refractivity contribution in [1.82, 2.24) is 0 Å². The van der Waals surface area contributed by atoms with Crippen LogP contribution in [0, 0.1) is 0 Å². The van der Waals surface area contributed by atoms with Gasteiger partial charge < -0.3 is 33.8 Å². The number of aliphatic hydroxyl groups excluding tert-OH is 1. The lowest BCUT2D eigenvalue weighted by molar-refractivity contribution is -0.161. The number of esters is 4. The standard InChI is InChI=1S/C81H146O17P2/c1-5-9-13-17-21-25-29-33-35-36-37-38-40-44-46-50-54-58-62-66-79(84)92-72-77(98-81(86)68-64-60-56-52-48-42-32-28-24-20-16-12-8-4)74-96-100(89,90)94-70-75(82)69-93-99(87,88)95-73-76(97-80(85)67-63-59-55-51-47-41-31-27-23-19-15-11-7-3)71-91-78(83)65-61-57-53-49-45-43-39-34-30-26-22-18-14-10-6-2/h9,13,21,25,28,32-35,37-39,75-77,82H,5-8,10-12,14-20,22-24,26-27,29-31,36,40-74H2,1-4H3,(H,87,88)(H,89,90)/b13-9-,25-21-,32-28-,35-33-,38-37-,39-34-. The Labute approximate surface area is 609 Å². The molecule has 0 aromatic rings. The number of phosphoric acid groups is 2. The van der Waals surface area contributed by atoms with Crippen LogP contribution in [0.25, 0.3) is 0 Å². The highest BCUT2D eigenvalue weighted by Crippen LogP contribution is 2.45. The zero-order chi connectivity index (χ0) is 73.2. The topological polar surface area (TPSA) is 237 Å². The number of unbranched alkanes of at least 4 members (excludes halogenated alkanes) is 38. The maximum absolute atomic E-state index is 13.1. The molecule has 0 radical (unpaired) electrons. The fourth-order valence-electron chi connectivity index (χ4n) is 11.0. The summed E-state index contributed by atoms with van der Waals surface area (Å²) in [7, 11) is -9.95. The van der Waals surface area contributed by atoms with Gasteiger partial charge in [0.25, 0.3) is 0 Å². The Hall–Kier alpha value is -3.50. The lowest BCUT2D eigenvalue weighted by Gasteiger charge is -2.21. The SMILES string of the molecule is CC/C=C\C/C=C\C/C=C\C/C=C\CCCCCCCCC(=O)OCC(COP(=O)(O)OCC(O)COP(=O)(O)OCC(COC(=O)CCCCCCC/C=C\CCCCCCCC)OC(=O)CCCCCCCCCCCCCCC)OC(=O)CCCCCCC/C=C\CCCCCC. The molecule has 0 saturated heterocycles. The van der Waals surface area contributed by atoms with Gasteiger partial charge in [-0.15, -0.1) is 0 Å². The van der Waals surface area contributed by atoms with Crippen molar-refractivity contribution in [1.29, 1.82) is 0 Å². The number of ether oxygens (including phenoxy) is 4. The highest BCUT2D eigenvalue weighted by atomic mass is 31.2. The largest absolute Gasteiger partial charge is 0.472 e. The zero-order valence-electron chi connectivity index (χ0n) is 63.6. The minimum Gasteiger partial charge on any atom is -0.462 e. The average Bonchev–Trinajstić information content (AvgIpc) is 0.935. The number of aliphatic hydroxyl groups is 1. The number of hydrogen-bond donors (Lipinski definition) is 3. The van der Waals surface area contributed by atoms with Gasteiger partial charge in [-0.2, -0.15) is 0 Å². The minimum atomic E-state index is -4.98. The Morgan fingerprint density at radius 1 is 0.290 bits per heavy atom. The van der Waals surface area contributed by atoms with Crippen molar-refractivity contribution in [3.8, 4) is 0 Å². The molecule has 5 unspecified atom stereocenters.